The Hall–Kier alpha value is -1.07. The van der Waals surface area contributed by atoms with Gasteiger partial charge < -0.3 is 15.0 Å². The van der Waals surface area contributed by atoms with Crippen LogP contribution in [0.1, 0.15) is 45.4 Å². The molecule has 124 valence electrons. The van der Waals surface area contributed by atoms with Crippen LogP contribution in [0.5, 0.6) is 0 Å². The largest absolute Gasteiger partial charge is 0.444 e. The molecule has 0 saturated carbocycles. The van der Waals surface area contributed by atoms with E-state index in [1.54, 1.807) is 11.3 Å². The third-order valence-corrected chi connectivity index (χ3v) is 4.69. The molecular weight excluding hydrogens is 296 g/mol. The second kappa shape index (κ2) is 7.47. The Bertz CT molecular complexity index is 468. The minimum absolute atomic E-state index is 0.178. The van der Waals surface area contributed by atoms with E-state index in [9.17, 15) is 4.79 Å². The van der Waals surface area contributed by atoms with Crippen LogP contribution in [0.25, 0.3) is 0 Å². The standard InChI is InChI=1S/C17H28N2O2S/c1-13(11-15-8-6-10-22-15)18-12-14-7-5-9-19(14)16(20)21-17(2,3)4/h6,8,10,13-14,18H,5,7,9,11-12H2,1-4H3. The maximum Gasteiger partial charge on any atom is 0.410 e. The summed E-state index contributed by atoms with van der Waals surface area (Å²) in [7, 11) is 0. The van der Waals surface area contributed by atoms with Gasteiger partial charge in [-0.15, -0.1) is 11.3 Å². The molecule has 0 spiro atoms. The summed E-state index contributed by atoms with van der Waals surface area (Å²) in [5.41, 5.74) is -0.426. The van der Waals surface area contributed by atoms with Crippen LogP contribution in [-0.2, 0) is 11.2 Å². The molecule has 2 unspecified atom stereocenters. The average molecular weight is 324 g/mol. The van der Waals surface area contributed by atoms with Gasteiger partial charge in [-0.3, -0.25) is 0 Å². The lowest BCUT2D eigenvalue weighted by molar-refractivity contribution is 0.0225. The van der Waals surface area contributed by atoms with E-state index in [4.69, 9.17) is 4.74 Å². The van der Waals surface area contributed by atoms with E-state index < -0.39 is 5.60 Å². The molecule has 1 aromatic heterocycles. The van der Waals surface area contributed by atoms with Gasteiger partial charge in [-0.05, 0) is 58.4 Å². The Balaban J connectivity index is 1.79. The van der Waals surface area contributed by atoms with Gasteiger partial charge in [0.25, 0.3) is 0 Å². The van der Waals surface area contributed by atoms with Crippen molar-refractivity contribution in [1.82, 2.24) is 10.2 Å². The second-order valence-corrected chi connectivity index (χ2v) is 8.09. The van der Waals surface area contributed by atoms with Crippen molar-refractivity contribution in [2.75, 3.05) is 13.1 Å². The molecule has 4 nitrogen and oxygen atoms in total. The molecule has 1 fully saturated rings. The van der Waals surface area contributed by atoms with Crippen LogP contribution in [0.15, 0.2) is 17.5 Å². The Morgan fingerprint density at radius 3 is 2.95 bits per heavy atom. The fourth-order valence-electron chi connectivity index (χ4n) is 2.75. The fraction of sp³-hybridized carbons (Fsp3) is 0.706. The molecule has 0 bridgehead atoms. The van der Waals surface area contributed by atoms with Gasteiger partial charge in [0, 0.05) is 30.1 Å². The number of amides is 1. The number of thiophene rings is 1. The summed E-state index contributed by atoms with van der Waals surface area (Å²) in [6.45, 7) is 9.59. The number of carbonyl (C=O) groups excluding carboxylic acids is 1. The SMILES string of the molecule is CC(Cc1cccs1)NCC1CCCN1C(=O)OC(C)(C)C. The Morgan fingerprint density at radius 2 is 2.32 bits per heavy atom. The van der Waals surface area contributed by atoms with Crippen LogP contribution in [0.2, 0.25) is 0 Å². The fourth-order valence-corrected chi connectivity index (χ4v) is 3.58. The highest BCUT2D eigenvalue weighted by Crippen LogP contribution is 2.20. The molecule has 2 heterocycles. The van der Waals surface area contributed by atoms with E-state index in [1.165, 1.54) is 4.88 Å². The summed E-state index contributed by atoms with van der Waals surface area (Å²) in [5, 5.41) is 5.68. The summed E-state index contributed by atoms with van der Waals surface area (Å²) < 4.78 is 5.50. The number of hydrogen-bond acceptors (Lipinski definition) is 4. The molecule has 2 rings (SSSR count). The molecule has 1 saturated heterocycles. The van der Waals surface area contributed by atoms with E-state index in [0.29, 0.717) is 6.04 Å². The zero-order valence-electron chi connectivity index (χ0n) is 14.1. The van der Waals surface area contributed by atoms with E-state index in [0.717, 1.165) is 32.4 Å². The maximum absolute atomic E-state index is 12.2. The van der Waals surface area contributed by atoms with Crippen molar-refractivity contribution in [1.29, 1.82) is 0 Å². The van der Waals surface area contributed by atoms with Crippen LogP contribution >= 0.6 is 11.3 Å². The van der Waals surface area contributed by atoms with E-state index in [-0.39, 0.29) is 12.1 Å². The molecule has 0 aromatic carbocycles. The Labute approximate surface area is 137 Å². The van der Waals surface area contributed by atoms with Crippen LogP contribution in [-0.4, -0.2) is 41.8 Å². The number of hydrogen-bond donors (Lipinski definition) is 1. The number of likely N-dealkylation sites (tertiary alicyclic amines) is 1. The van der Waals surface area contributed by atoms with Crippen LogP contribution in [0, 0.1) is 0 Å². The summed E-state index contributed by atoms with van der Waals surface area (Å²) in [6, 6.07) is 4.93. The number of rotatable bonds is 5. The number of nitrogens with zero attached hydrogens (tertiary/aromatic N) is 1. The van der Waals surface area contributed by atoms with Gasteiger partial charge in [-0.2, -0.15) is 0 Å². The van der Waals surface area contributed by atoms with E-state index in [1.807, 2.05) is 25.7 Å². The lowest BCUT2D eigenvalue weighted by Gasteiger charge is -2.29. The second-order valence-electron chi connectivity index (χ2n) is 7.06. The monoisotopic (exact) mass is 324 g/mol. The van der Waals surface area contributed by atoms with Gasteiger partial charge >= 0.3 is 6.09 Å². The van der Waals surface area contributed by atoms with Crippen molar-refractivity contribution in [3.05, 3.63) is 22.4 Å². The highest BCUT2D eigenvalue weighted by Gasteiger charge is 2.32. The molecule has 0 radical (unpaired) electrons. The van der Waals surface area contributed by atoms with Gasteiger partial charge in [0.05, 0.1) is 0 Å². The number of carbonyl (C=O) groups is 1. The summed E-state index contributed by atoms with van der Waals surface area (Å²) in [5.74, 6) is 0. The van der Waals surface area contributed by atoms with Crippen molar-refractivity contribution < 1.29 is 9.53 Å². The van der Waals surface area contributed by atoms with Gasteiger partial charge in [0.15, 0.2) is 0 Å². The summed E-state index contributed by atoms with van der Waals surface area (Å²) in [6.07, 6.45) is 2.97. The number of nitrogens with one attached hydrogen (secondary N) is 1. The van der Waals surface area contributed by atoms with Crippen molar-refractivity contribution in [3.8, 4) is 0 Å². The molecule has 1 aliphatic heterocycles. The summed E-state index contributed by atoms with van der Waals surface area (Å²) in [4.78, 5) is 15.5. The van der Waals surface area contributed by atoms with Crippen LogP contribution in [0.3, 0.4) is 0 Å². The van der Waals surface area contributed by atoms with Gasteiger partial charge in [0.1, 0.15) is 5.60 Å². The average Bonchev–Trinajstić information content (AvgIpc) is 3.04. The third kappa shape index (κ3) is 5.29. The summed E-state index contributed by atoms with van der Waals surface area (Å²) >= 11 is 1.80. The van der Waals surface area contributed by atoms with Crippen molar-refractivity contribution in [2.45, 2.75) is 64.6 Å². The maximum atomic E-state index is 12.2. The lowest BCUT2D eigenvalue weighted by atomic mass is 10.1. The lowest BCUT2D eigenvalue weighted by Crippen LogP contribution is -2.45. The zero-order valence-corrected chi connectivity index (χ0v) is 14.9. The highest BCUT2D eigenvalue weighted by atomic mass is 32.1. The quantitative estimate of drug-likeness (QED) is 0.898. The molecule has 1 aromatic rings. The molecular formula is C17H28N2O2S. The van der Waals surface area contributed by atoms with Crippen molar-refractivity contribution >= 4 is 17.4 Å². The Kier molecular flexibility index (Phi) is 5.87. The minimum atomic E-state index is -0.426. The first-order valence-electron chi connectivity index (χ1n) is 8.10. The normalized spacial score (nSPS) is 20.2. The van der Waals surface area contributed by atoms with Crippen LogP contribution < -0.4 is 5.32 Å². The number of ether oxygens (including phenoxy) is 1. The minimum Gasteiger partial charge on any atom is -0.444 e. The zero-order chi connectivity index (χ0) is 16.2. The highest BCUT2D eigenvalue weighted by molar-refractivity contribution is 7.09. The van der Waals surface area contributed by atoms with Crippen molar-refractivity contribution in [2.24, 2.45) is 0 Å². The van der Waals surface area contributed by atoms with Crippen LogP contribution in [0.4, 0.5) is 4.79 Å². The van der Waals surface area contributed by atoms with E-state index in [2.05, 4.69) is 29.8 Å². The predicted molar refractivity (Wildman–Crippen MR) is 91.4 cm³/mol. The molecule has 1 aliphatic rings. The van der Waals surface area contributed by atoms with Gasteiger partial charge in [-0.25, -0.2) is 4.79 Å². The van der Waals surface area contributed by atoms with Crippen molar-refractivity contribution in [3.63, 3.8) is 0 Å². The first-order chi connectivity index (χ1) is 10.3. The first-order valence-corrected chi connectivity index (χ1v) is 8.98. The molecule has 5 heteroatoms. The predicted octanol–water partition coefficient (Wildman–Crippen LogP) is 3.67. The third-order valence-electron chi connectivity index (χ3n) is 3.79. The molecule has 2 atom stereocenters. The van der Waals surface area contributed by atoms with Gasteiger partial charge in [-0.1, -0.05) is 6.07 Å². The molecule has 1 amide bonds. The molecule has 1 N–H and O–H groups in total. The van der Waals surface area contributed by atoms with Gasteiger partial charge in [0.2, 0.25) is 0 Å². The topological polar surface area (TPSA) is 41.6 Å². The molecule has 0 aliphatic carbocycles. The molecule has 22 heavy (non-hydrogen) atoms. The first kappa shape index (κ1) is 17.3. The van der Waals surface area contributed by atoms with E-state index >= 15 is 0 Å². The smallest absolute Gasteiger partial charge is 0.410 e. The Morgan fingerprint density at radius 1 is 1.55 bits per heavy atom.